The van der Waals surface area contributed by atoms with Crippen molar-refractivity contribution in [1.29, 1.82) is 0 Å². The van der Waals surface area contributed by atoms with E-state index in [1.807, 2.05) is 4.90 Å². The largest absolute Gasteiger partial charge is 0.464 e. The molecule has 0 saturated heterocycles. The van der Waals surface area contributed by atoms with Gasteiger partial charge in [-0.3, -0.25) is 14.2 Å². The van der Waals surface area contributed by atoms with Gasteiger partial charge in [0, 0.05) is 13.1 Å². The minimum absolute atomic E-state index is 0.166. The van der Waals surface area contributed by atoms with Crippen LogP contribution in [-0.4, -0.2) is 55.8 Å². The molecule has 0 fully saturated rings. The highest BCUT2D eigenvalue weighted by atomic mass is 32.2. The highest BCUT2D eigenvalue weighted by Crippen LogP contribution is 2.03. The summed E-state index contributed by atoms with van der Waals surface area (Å²) in [6.07, 6.45) is 4.34. The average Bonchev–Trinajstić information content (AvgIpc) is 2.38. The molecule has 0 aliphatic heterocycles. The zero-order valence-corrected chi connectivity index (χ0v) is 14.2. The third kappa shape index (κ3) is 12.8. The second-order valence-corrected chi connectivity index (χ2v) is 7.08. The van der Waals surface area contributed by atoms with Gasteiger partial charge in [0.05, 0.1) is 11.7 Å². The summed E-state index contributed by atoms with van der Waals surface area (Å²) < 4.78 is 35.6. The molecular weight excluding hydrogens is 294 g/mol. The highest BCUT2D eigenvalue weighted by Gasteiger charge is 2.12. The third-order valence-corrected chi connectivity index (χ3v) is 3.82. The molecule has 0 radical (unpaired) electrons. The summed E-state index contributed by atoms with van der Waals surface area (Å²) in [5.41, 5.74) is 0. The molecular formula is C14H29NO5S. The van der Waals surface area contributed by atoms with Crippen LogP contribution in [0, 0.1) is 5.92 Å². The molecule has 7 heteroatoms. The Morgan fingerprint density at radius 1 is 1.14 bits per heavy atom. The predicted molar refractivity (Wildman–Crippen MR) is 82.8 cm³/mol. The fourth-order valence-electron chi connectivity index (χ4n) is 1.78. The van der Waals surface area contributed by atoms with Gasteiger partial charge in [-0.15, -0.1) is 0 Å². The van der Waals surface area contributed by atoms with Crippen LogP contribution in [0.4, 0.5) is 0 Å². The Kier molecular flexibility index (Phi) is 10.6. The van der Waals surface area contributed by atoms with E-state index in [0.717, 1.165) is 32.2 Å². The molecule has 126 valence electrons. The lowest BCUT2D eigenvalue weighted by Crippen LogP contribution is -2.34. The van der Waals surface area contributed by atoms with Gasteiger partial charge >= 0.3 is 5.97 Å². The quantitative estimate of drug-likeness (QED) is 0.336. The van der Waals surface area contributed by atoms with E-state index in [4.69, 9.17) is 9.29 Å². The molecule has 0 aromatic carbocycles. The van der Waals surface area contributed by atoms with E-state index in [2.05, 4.69) is 6.92 Å². The number of nitrogens with zero attached hydrogens (tertiary/aromatic N) is 1. The first-order valence-corrected chi connectivity index (χ1v) is 9.21. The maximum Gasteiger partial charge on any atom is 0.308 e. The van der Waals surface area contributed by atoms with Crippen LogP contribution in [0.3, 0.4) is 0 Å². The Labute approximate surface area is 128 Å². The molecule has 0 aliphatic carbocycles. The van der Waals surface area contributed by atoms with Crippen LogP contribution >= 0.6 is 0 Å². The number of carbonyl (C=O) groups excluding carboxylic acids is 1. The minimum atomic E-state index is -3.96. The van der Waals surface area contributed by atoms with Crippen molar-refractivity contribution in [2.75, 3.05) is 32.0 Å². The number of unbranched alkanes of at least 4 members (excludes halogenated alkanes) is 3. The fraction of sp³-hybridized carbons (Fsp3) is 0.929. The fourth-order valence-corrected chi connectivity index (χ4v) is 2.27. The number of ether oxygens (including phenoxy) is 1. The summed E-state index contributed by atoms with van der Waals surface area (Å²) in [5.74, 6) is -0.713. The van der Waals surface area contributed by atoms with Crippen LogP contribution in [0.15, 0.2) is 0 Å². The van der Waals surface area contributed by atoms with Gasteiger partial charge in [0.1, 0.15) is 6.61 Å². The van der Waals surface area contributed by atoms with E-state index < -0.39 is 10.1 Å². The van der Waals surface area contributed by atoms with Gasteiger partial charge in [-0.25, -0.2) is 0 Å². The van der Waals surface area contributed by atoms with E-state index in [1.165, 1.54) is 0 Å². The van der Waals surface area contributed by atoms with Gasteiger partial charge in [0.25, 0.3) is 10.1 Å². The van der Waals surface area contributed by atoms with Crippen LogP contribution in [-0.2, 0) is 19.6 Å². The van der Waals surface area contributed by atoms with Crippen molar-refractivity contribution in [2.24, 2.45) is 5.92 Å². The Morgan fingerprint density at radius 2 is 1.81 bits per heavy atom. The summed E-state index contributed by atoms with van der Waals surface area (Å²) in [5, 5.41) is 0. The molecule has 0 atom stereocenters. The van der Waals surface area contributed by atoms with Crippen molar-refractivity contribution in [3.05, 3.63) is 0 Å². The number of hydrogen-bond donors (Lipinski definition) is 1. The van der Waals surface area contributed by atoms with Crippen molar-refractivity contribution in [3.63, 3.8) is 0 Å². The minimum Gasteiger partial charge on any atom is -0.464 e. The first kappa shape index (κ1) is 20.3. The molecule has 1 N–H and O–H groups in total. The second kappa shape index (κ2) is 11.0. The van der Waals surface area contributed by atoms with Crippen LogP contribution in [0.2, 0.25) is 0 Å². The summed E-state index contributed by atoms with van der Waals surface area (Å²) in [7, 11) is -3.96. The molecule has 0 unspecified atom stereocenters. The monoisotopic (exact) mass is 323 g/mol. The molecule has 0 rings (SSSR count). The Bertz CT molecular complexity index is 381. The number of esters is 1. The summed E-state index contributed by atoms with van der Waals surface area (Å²) in [4.78, 5) is 13.3. The van der Waals surface area contributed by atoms with Gasteiger partial charge in [0.15, 0.2) is 0 Å². The van der Waals surface area contributed by atoms with Gasteiger partial charge in [0.2, 0.25) is 0 Å². The van der Waals surface area contributed by atoms with Crippen molar-refractivity contribution >= 4 is 16.1 Å². The van der Waals surface area contributed by atoms with Gasteiger partial charge in [-0.1, -0.05) is 40.0 Å². The molecule has 0 amide bonds. The maximum absolute atomic E-state index is 11.4. The van der Waals surface area contributed by atoms with Gasteiger partial charge < -0.3 is 4.74 Å². The van der Waals surface area contributed by atoms with E-state index in [1.54, 1.807) is 13.8 Å². The van der Waals surface area contributed by atoms with Crippen molar-refractivity contribution in [1.82, 2.24) is 4.90 Å². The molecule has 0 saturated carbocycles. The Hall–Kier alpha value is -0.660. The standard InChI is InChI=1S/C14H29NO5S/c1-4-5-6-7-8-15(10-12-21(17,18)19)9-11-20-14(16)13(2)3/h13H,4-12H2,1-3H3,(H,17,18,19). The molecule has 0 aromatic rings. The zero-order chi connectivity index (χ0) is 16.3. The Balaban J connectivity index is 4.14. The van der Waals surface area contributed by atoms with Gasteiger partial charge in [-0.05, 0) is 13.0 Å². The van der Waals surface area contributed by atoms with Crippen molar-refractivity contribution in [3.8, 4) is 0 Å². The smallest absolute Gasteiger partial charge is 0.308 e. The van der Waals surface area contributed by atoms with Crippen LogP contribution in [0.25, 0.3) is 0 Å². The first-order chi connectivity index (χ1) is 9.76. The topological polar surface area (TPSA) is 83.9 Å². The molecule has 0 aliphatic rings. The first-order valence-electron chi connectivity index (χ1n) is 7.60. The lowest BCUT2D eigenvalue weighted by atomic mass is 10.2. The molecule has 6 nitrogen and oxygen atoms in total. The van der Waals surface area contributed by atoms with Crippen LogP contribution in [0.5, 0.6) is 0 Å². The lowest BCUT2D eigenvalue weighted by molar-refractivity contribution is -0.147. The molecule has 0 heterocycles. The van der Waals surface area contributed by atoms with E-state index in [9.17, 15) is 13.2 Å². The predicted octanol–water partition coefficient (Wildman–Crippen LogP) is 1.96. The SMILES string of the molecule is CCCCCCN(CCOC(=O)C(C)C)CCS(=O)(=O)O. The van der Waals surface area contributed by atoms with Crippen molar-refractivity contribution < 1.29 is 22.5 Å². The zero-order valence-electron chi connectivity index (χ0n) is 13.4. The normalized spacial score (nSPS) is 12.1. The van der Waals surface area contributed by atoms with Crippen molar-refractivity contribution in [2.45, 2.75) is 46.5 Å². The summed E-state index contributed by atoms with van der Waals surface area (Å²) in [6.45, 7) is 7.39. The Morgan fingerprint density at radius 3 is 2.33 bits per heavy atom. The number of carbonyl (C=O) groups is 1. The molecule has 0 aromatic heterocycles. The third-order valence-electron chi connectivity index (χ3n) is 3.12. The van der Waals surface area contributed by atoms with Crippen LogP contribution in [0.1, 0.15) is 46.5 Å². The molecule has 21 heavy (non-hydrogen) atoms. The molecule has 0 bridgehead atoms. The number of rotatable bonds is 12. The maximum atomic E-state index is 11.4. The second-order valence-electron chi connectivity index (χ2n) is 5.51. The highest BCUT2D eigenvalue weighted by molar-refractivity contribution is 7.85. The summed E-state index contributed by atoms with van der Waals surface area (Å²) in [6, 6.07) is 0. The van der Waals surface area contributed by atoms with E-state index >= 15 is 0 Å². The van der Waals surface area contributed by atoms with Gasteiger partial charge in [-0.2, -0.15) is 8.42 Å². The summed E-state index contributed by atoms with van der Waals surface area (Å²) >= 11 is 0. The number of hydrogen-bond acceptors (Lipinski definition) is 5. The van der Waals surface area contributed by atoms with Crippen LogP contribution < -0.4 is 0 Å². The van der Waals surface area contributed by atoms with E-state index in [0.29, 0.717) is 6.54 Å². The average molecular weight is 323 g/mol. The lowest BCUT2D eigenvalue weighted by Gasteiger charge is -2.21. The van der Waals surface area contributed by atoms with E-state index in [-0.39, 0.29) is 30.8 Å². The molecule has 0 spiro atoms.